The van der Waals surface area contributed by atoms with E-state index in [2.05, 4.69) is 4.40 Å². The minimum atomic E-state index is -5.72. The molecule has 0 heterocycles. The zero-order valence-corrected chi connectivity index (χ0v) is 12.8. The van der Waals surface area contributed by atoms with Crippen molar-refractivity contribution >= 4 is 24.2 Å². The molecule has 0 aliphatic carbocycles. The van der Waals surface area contributed by atoms with Gasteiger partial charge in [-0.25, -0.2) is 0 Å². The van der Waals surface area contributed by atoms with Crippen molar-refractivity contribution in [3.8, 4) is 0 Å². The summed E-state index contributed by atoms with van der Waals surface area (Å²) in [5.41, 5.74) is -5.53. The van der Waals surface area contributed by atoms with Crippen molar-refractivity contribution in [1.82, 2.24) is 0 Å². The highest BCUT2D eigenvalue weighted by Crippen LogP contribution is 2.25. The van der Waals surface area contributed by atoms with Gasteiger partial charge in [-0.2, -0.15) is 26.0 Å². The van der Waals surface area contributed by atoms with Crippen molar-refractivity contribution in [3.63, 3.8) is 0 Å². The third-order valence-corrected chi connectivity index (χ3v) is 7.77. The van der Waals surface area contributed by atoms with Crippen LogP contribution in [0.1, 0.15) is 19.8 Å². The summed E-state index contributed by atoms with van der Waals surface area (Å²) in [7, 11) is -6.09. The van der Waals surface area contributed by atoms with E-state index in [9.17, 15) is 26.7 Å². The van der Waals surface area contributed by atoms with Crippen molar-refractivity contribution in [2.24, 2.45) is 4.40 Å². The number of alkyl halides is 3. The van der Waals surface area contributed by atoms with Crippen LogP contribution >= 0.6 is 0 Å². The fraction of sp³-hybridized carbons (Fsp3) is 0.889. The lowest BCUT2D eigenvalue weighted by atomic mass is 10.3. The maximum atomic E-state index is 12.0. The maximum absolute atomic E-state index is 12.0. The fourth-order valence-corrected chi connectivity index (χ4v) is 3.50. The molecule has 0 bridgehead atoms. The van der Waals surface area contributed by atoms with Crippen LogP contribution in [0.5, 0.6) is 0 Å². The van der Waals surface area contributed by atoms with E-state index in [1.54, 1.807) is 7.11 Å². The van der Waals surface area contributed by atoms with Gasteiger partial charge in [0.25, 0.3) is 0 Å². The minimum Gasteiger partial charge on any atom is -0.861 e. The Labute approximate surface area is 111 Å². The molecular weight excluding hydrogens is 303 g/mol. The summed E-state index contributed by atoms with van der Waals surface area (Å²) in [5.74, 6) is -1.28. The lowest BCUT2D eigenvalue weighted by Gasteiger charge is -2.24. The minimum absolute atomic E-state index is 0.264. The molecule has 0 aromatic heterocycles. The highest BCUT2D eigenvalue weighted by molar-refractivity contribution is 7.91. The lowest BCUT2D eigenvalue weighted by molar-refractivity contribution is -0.218. The van der Waals surface area contributed by atoms with E-state index in [0.29, 0.717) is 6.04 Å². The molecule has 1 unspecified atom stereocenters. The molecule has 0 aliphatic rings. The van der Waals surface area contributed by atoms with E-state index in [0.717, 1.165) is 6.04 Å². The van der Waals surface area contributed by atoms with Crippen molar-refractivity contribution in [2.45, 2.75) is 43.9 Å². The quantitative estimate of drug-likeness (QED) is 0.405. The Morgan fingerprint density at radius 2 is 1.95 bits per heavy atom. The molecule has 114 valence electrons. The van der Waals surface area contributed by atoms with Crippen LogP contribution in [0.3, 0.4) is 0 Å². The van der Waals surface area contributed by atoms with Crippen LogP contribution < -0.4 is 5.11 Å². The molecule has 0 rings (SSSR count). The Kier molecular flexibility index (Phi) is 6.49. The van der Waals surface area contributed by atoms with E-state index >= 15 is 0 Å². The van der Waals surface area contributed by atoms with Gasteiger partial charge in [-0.1, -0.05) is 6.92 Å². The Morgan fingerprint density at radius 1 is 1.42 bits per heavy atom. The molecule has 0 amide bonds. The monoisotopic (exact) mass is 320 g/mol. The average molecular weight is 320 g/mol. The summed E-state index contributed by atoms with van der Waals surface area (Å²) < 4.78 is 64.7. The highest BCUT2D eigenvalue weighted by Gasteiger charge is 2.45. The van der Waals surface area contributed by atoms with Crippen LogP contribution in [0, 0.1) is 0 Å². The second kappa shape index (κ2) is 6.71. The van der Waals surface area contributed by atoms with Crippen molar-refractivity contribution in [2.75, 3.05) is 7.11 Å². The van der Waals surface area contributed by atoms with E-state index < -0.39 is 29.7 Å². The largest absolute Gasteiger partial charge is 0.861 e. The Bertz CT molecular complexity index is 418. The highest BCUT2D eigenvalue weighted by atomic mass is 32.2. The molecule has 0 saturated carbocycles. The zero-order valence-electron chi connectivity index (χ0n) is 11.0. The molecule has 0 saturated heterocycles. The SMILES string of the molecule is CC[Si](C)(CCC/C([O-])=N\S(=O)(=O)C(F)(F)F)OC. The molecule has 5 nitrogen and oxygen atoms in total. The molecule has 0 spiro atoms. The van der Waals surface area contributed by atoms with Gasteiger partial charge >= 0.3 is 15.5 Å². The van der Waals surface area contributed by atoms with E-state index in [-0.39, 0.29) is 12.8 Å². The van der Waals surface area contributed by atoms with Gasteiger partial charge in [0.15, 0.2) is 8.32 Å². The Morgan fingerprint density at radius 3 is 2.32 bits per heavy atom. The summed E-state index contributed by atoms with van der Waals surface area (Å²) in [6, 6.07) is 1.36. The first kappa shape index (κ1) is 18.4. The summed E-state index contributed by atoms with van der Waals surface area (Å²) in [6.07, 6.45) is -0.0681. The van der Waals surface area contributed by atoms with Gasteiger partial charge in [0, 0.05) is 7.11 Å². The second-order valence-electron chi connectivity index (χ2n) is 4.27. The number of halogens is 3. The number of rotatable bonds is 7. The molecule has 0 N–H and O–H groups in total. The first-order chi connectivity index (χ1) is 8.47. The molecule has 0 aromatic rings. The number of hydrogen-bond acceptors (Lipinski definition) is 4. The normalized spacial score (nSPS) is 17.3. The molecule has 1 atom stereocenters. The topological polar surface area (TPSA) is 78.8 Å². The van der Waals surface area contributed by atoms with Gasteiger partial charge in [0.05, 0.1) is 0 Å². The molecule has 10 heteroatoms. The Balaban J connectivity index is 4.54. The molecule has 0 aromatic carbocycles. The molecule has 19 heavy (non-hydrogen) atoms. The summed E-state index contributed by atoms with van der Waals surface area (Å²) in [5, 5.41) is 11.1. The van der Waals surface area contributed by atoms with Gasteiger partial charge in [-0.3, -0.25) is 0 Å². The van der Waals surface area contributed by atoms with Gasteiger partial charge in [0.2, 0.25) is 0 Å². The fourth-order valence-electron chi connectivity index (χ4n) is 1.27. The van der Waals surface area contributed by atoms with Crippen molar-refractivity contribution in [1.29, 1.82) is 0 Å². The van der Waals surface area contributed by atoms with Crippen LogP contribution in [0.4, 0.5) is 13.2 Å². The van der Waals surface area contributed by atoms with Crippen LogP contribution in [0.15, 0.2) is 4.40 Å². The third-order valence-electron chi connectivity index (χ3n) is 2.85. The van der Waals surface area contributed by atoms with Crippen LogP contribution in [0.2, 0.25) is 18.6 Å². The summed E-state index contributed by atoms with van der Waals surface area (Å²) in [6.45, 7) is 3.86. The maximum Gasteiger partial charge on any atom is 0.518 e. The molecule has 0 radical (unpaired) electrons. The first-order valence-electron chi connectivity index (χ1n) is 5.59. The molecule has 0 aliphatic heterocycles. The van der Waals surface area contributed by atoms with E-state index in [1.165, 1.54) is 0 Å². The smallest absolute Gasteiger partial charge is 0.518 e. The van der Waals surface area contributed by atoms with Crippen LogP contribution in [-0.4, -0.2) is 35.3 Å². The standard InChI is InChI=1S/C9H18F3NO4SSi/c1-4-19(3,17-2)7-5-6-8(14)13-18(15,16)9(10,11)12/h4-7H2,1-3H3,(H,13,14)/p-1. The summed E-state index contributed by atoms with van der Waals surface area (Å²) in [4.78, 5) is 0. The van der Waals surface area contributed by atoms with Crippen LogP contribution in [0.25, 0.3) is 0 Å². The lowest BCUT2D eigenvalue weighted by Crippen LogP contribution is -2.32. The van der Waals surface area contributed by atoms with Gasteiger partial charge in [-0.05, 0) is 37.4 Å². The van der Waals surface area contributed by atoms with Gasteiger partial charge < -0.3 is 9.53 Å². The average Bonchev–Trinajstić information content (AvgIpc) is 2.26. The third kappa shape index (κ3) is 5.91. The first-order valence-corrected chi connectivity index (χ1v) is 9.86. The van der Waals surface area contributed by atoms with Gasteiger partial charge in [-0.15, -0.1) is 0 Å². The zero-order chi connectivity index (χ0) is 15.3. The molecular formula is C9H17F3NO4SSi-. The predicted molar refractivity (Wildman–Crippen MR) is 65.6 cm³/mol. The number of sulfonamides is 1. The summed E-state index contributed by atoms with van der Waals surface area (Å²) >= 11 is 0. The van der Waals surface area contributed by atoms with Crippen molar-refractivity contribution < 1.29 is 31.1 Å². The van der Waals surface area contributed by atoms with E-state index in [1.807, 2.05) is 13.5 Å². The number of nitrogens with zero attached hydrogens (tertiary/aromatic N) is 1. The molecule has 0 fully saturated rings. The second-order valence-corrected chi connectivity index (χ2v) is 10.4. The number of hydrogen-bond donors (Lipinski definition) is 0. The predicted octanol–water partition coefficient (Wildman–Crippen LogP) is 1.62. The van der Waals surface area contributed by atoms with E-state index in [4.69, 9.17) is 4.43 Å². The van der Waals surface area contributed by atoms with Crippen molar-refractivity contribution in [3.05, 3.63) is 0 Å². The van der Waals surface area contributed by atoms with Gasteiger partial charge in [0.1, 0.15) is 0 Å². The van der Waals surface area contributed by atoms with Crippen LogP contribution in [-0.2, 0) is 14.4 Å². The Hall–Kier alpha value is -0.613.